The fraction of sp³-hybridized carbons (Fsp3) is 0.357. The van der Waals surface area contributed by atoms with Gasteiger partial charge in [-0.3, -0.25) is 10.1 Å². The summed E-state index contributed by atoms with van der Waals surface area (Å²) in [6, 6.07) is 7.61. The molecule has 1 saturated heterocycles. The number of rotatable bonds is 4. The van der Waals surface area contributed by atoms with Gasteiger partial charge >= 0.3 is 0 Å². The Morgan fingerprint density at radius 3 is 3.14 bits per heavy atom. The molecule has 1 unspecified atom stereocenters. The lowest BCUT2D eigenvalue weighted by Crippen LogP contribution is -2.47. The Morgan fingerprint density at radius 2 is 2.38 bits per heavy atom. The van der Waals surface area contributed by atoms with Crippen LogP contribution < -0.4 is 15.4 Å². The van der Waals surface area contributed by atoms with E-state index < -0.39 is 0 Å². The quantitative estimate of drug-likeness (QED) is 0.848. The van der Waals surface area contributed by atoms with Gasteiger partial charge in [0, 0.05) is 13.0 Å². The van der Waals surface area contributed by atoms with Crippen molar-refractivity contribution in [2.24, 2.45) is 0 Å². The van der Waals surface area contributed by atoms with Crippen molar-refractivity contribution >= 4 is 5.91 Å². The zero-order chi connectivity index (χ0) is 14.7. The lowest BCUT2D eigenvalue weighted by Gasteiger charge is -2.20. The summed E-state index contributed by atoms with van der Waals surface area (Å²) in [6.45, 7) is 0.720. The van der Waals surface area contributed by atoms with Crippen LogP contribution in [0.5, 0.6) is 5.75 Å². The maximum Gasteiger partial charge on any atom is 0.245 e. The van der Waals surface area contributed by atoms with Crippen molar-refractivity contribution in [1.29, 1.82) is 0 Å². The monoisotopic (exact) mass is 288 g/mol. The van der Waals surface area contributed by atoms with Crippen LogP contribution in [-0.4, -0.2) is 36.2 Å². The predicted octanol–water partition coefficient (Wildman–Crippen LogP) is 0.429. The third kappa shape index (κ3) is 3.19. The van der Waals surface area contributed by atoms with Gasteiger partial charge in [0.1, 0.15) is 11.8 Å². The number of ether oxygens (including phenoxy) is 1. The number of hydrogen-bond acceptors (Lipinski definition) is 6. The summed E-state index contributed by atoms with van der Waals surface area (Å²) in [7, 11) is 1.63. The Bertz CT molecular complexity index is 631. The average Bonchev–Trinajstić information content (AvgIpc) is 2.96. The second kappa shape index (κ2) is 5.92. The van der Waals surface area contributed by atoms with Gasteiger partial charge in [-0.05, 0) is 17.7 Å². The predicted molar refractivity (Wildman–Crippen MR) is 73.9 cm³/mol. The second-order valence-electron chi connectivity index (χ2n) is 4.81. The van der Waals surface area contributed by atoms with E-state index in [9.17, 15) is 4.79 Å². The Hall–Kier alpha value is -2.41. The number of benzene rings is 1. The van der Waals surface area contributed by atoms with Crippen molar-refractivity contribution in [3.05, 3.63) is 41.5 Å². The van der Waals surface area contributed by atoms with E-state index in [1.165, 1.54) is 0 Å². The van der Waals surface area contributed by atoms with Gasteiger partial charge in [-0.2, -0.15) is 4.98 Å². The van der Waals surface area contributed by atoms with Crippen LogP contribution in [0.15, 0.2) is 28.8 Å². The highest BCUT2D eigenvalue weighted by Crippen LogP contribution is 2.17. The first-order valence-corrected chi connectivity index (χ1v) is 6.70. The maximum absolute atomic E-state index is 11.1. The molecule has 1 aliphatic rings. The molecule has 21 heavy (non-hydrogen) atoms. The highest BCUT2D eigenvalue weighted by atomic mass is 16.5. The third-order valence-electron chi connectivity index (χ3n) is 3.29. The van der Waals surface area contributed by atoms with Crippen LogP contribution in [0.25, 0.3) is 0 Å². The van der Waals surface area contributed by atoms with E-state index in [0.29, 0.717) is 24.7 Å². The Morgan fingerprint density at radius 1 is 1.48 bits per heavy atom. The van der Waals surface area contributed by atoms with Gasteiger partial charge in [0.25, 0.3) is 0 Å². The number of carbonyl (C=O) groups is 1. The summed E-state index contributed by atoms with van der Waals surface area (Å²) in [6.07, 6.45) is 0.569. The van der Waals surface area contributed by atoms with E-state index in [-0.39, 0.29) is 18.5 Å². The van der Waals surface area contributed by atoms with Crippen molar-refractivity contribution in [1.82, 2.24) is 20.8 Å². The van der Waals surface area contributed by atoms with Gasteiger partial charge in [0.2, 0.25) is 11.8 Å². The summed E-state index contributed by atoms with van der Waals surface area (Å²) in [5.74, 6) is 1.88. The summed E-state index contributed by atoms with van der Waals surface area (Å²) in [4.78, 5) is 15.5. The molecule has 1 aromatic carbocycles. The maximum atomic E-state index is 11.1. The first-order valence-electron chi connectivity index (χ1n) is 6.70. The van der Waals surface area contributed by atoms with Crippen molar-refractivity contribution in [3.63, 3.8) is 0 Å². The largest absolute Gasteiger partial charge is 0.497 e. The minimum Gasteiger partial charge on any atom is -0.497 e. The Kier molecular flexibility index (Phi) is 3.83. The van der Waals surface area contributed by atoms with Gasteiger partial charge < -0.3 is 14.6 Å². The van der Waals surface area contributed by atoms with Crippen molar-refractivity contribution < 1.29 is 14.1 Å². The van der Waals surface area contributed by atoms with E-state index in [1.807, 2.05) is 24.3 Å². The molecule has 3 rings (SSSR count). The molecule has 0 bridgehead atoms. The van der Waals surface area contributed by atoms with E-state index in [1.54, 1.807) is 7.11 Å². The minimum absolute atomic E-state index is 0.0256. The molecular weight excluding hydrogens is 272 g/mol. The Balaban J connectivity index is 1.68. The van der Waals surface area contributed by atoms with Crippen molar-refractivity contribution in [3.8, 4) is 5.75 Å². The molecule has 1 atom stereocenters. The van der Waals surface area contributed by atoms with Gasteiger partial charge in [0.05, 0.1) is 13.7 Å². The fourth-order valence-electron chi connectivity index (χ4n) is 2.19. The zero-order valence-electron chi connectivity index (χ0n) is 11.6. The summed E-state index contributed by atoms with van der Waals surface area (Å²) >= 11 is 0. The van der Waals surface area contributed by atoms with E-state index in [4.69, 9.17) is 9.26 Å². The molecule has 0 aliphatic carbocycles. The normalized spacial score (nSPS) is 18.3. The lowest BCUT2D eigenvalue weighted by atomic mass is 10.1. The molecular formula is C14H16N4O3. The average molecular weight is 288 g/mol. The molecule has 0 saturated carbocycles. The first-order chi connectivity index (χ1) is 10.2. The summed E-state index contributed by atoms with van der Waals surface area (Å²) in [5.41, 5.74) is 1.05. The van der Waals surface area contributed by atoms with Crippen molar-refractivity contribution in [2.75, 3.05) is 20.2 Å². The van der Waals surface area contributed by atoms with Crippen LogP contribution in [0, 0.1) is 0 Å². The molecule has 2 aromatic rings. The molecule has 110 valence electrons. The van der Waals surface area contributed by atoms with Crippen LogP contribution >= 0.6 is 0 Å². The molecule has 0 radical (unpaired) electrons. The Labute approximate surface area is 121 Å². The highest BCUT2D eigenvalue weighted by molar-refractivity contribution is 5.78. The number of carbonyl (C=O) groups excluding carboxylic acids is 1. The van der Waals surface area contributed by atoms with E-state index in [2.05, 4.69) is 20.8 Å². The third-order valence-corrected chi connectivity index (χ3v) is 3.29. The van der Waals surface area contributed by atoms with Crippen LogP contribution in [0.3, 0.4) is 0 Å². The molecule has 2 N–H and O–H groups in total. The van der Waals surface area contributed by atoms with Crippen LogP contribution in [-0.2, 0) is 11.2 Å². The number of hydrogen-bond donors (Lipinski definition) is 2. The van der Waals surface area contributed by atoms with Gasteiger partial charge in [-0.15, -0.1) is 0 Å². The van der Waals surface area contributed by atoms with Crippen molar-refractivity contribution in [2.45, 2.75) is 12.5 Å². The smallest absolute Gasteiger partial charge is 0.245 e. The van der Waals surface area contributed by atoms with Gasteiger partial charge in [-0.25, -0.2) is 0 Å². The van der Waals surface area contributed by atoms with E-state index in [0.717, 1.165) is 11.3 Å². The van der Waals surface area contributed by atoms with E-state index >= 15 is 0 Å². The number of nitrogens with one attached hydrogen (secondary N) is 2. The topological polar surface area (TPSA) is 89.3 Å². The van der Waals surface area contributed by atoms with Crippen LogP contribution in [0.1, 0.15) is 23.3 Å². The van der Waals surface area contributed by atoms with Crippen LogP contribution in [0.2, 0.25) is 0 Å². The standard InChI is InChI=1S/C14H16N4O3/c1-20-10-4-2-3-9(5-10)6-12-17-14(21-18-12)11-7-16-13(19)8-15-11/h2-5,11,15H,6-8H2,1H3,(H,16,19). The number of amides is 1. The number of nitrogens with zero attached hydrogens (tertiary/aromatic N) is 2. The molecule has 2 heterocycles. The number of aromatic nitrogens is 2. The first kappa shape index (κ1) is 13.6. The molecule has 7 nitrogen and oxygen atoms in total. The fourth-order valence-corrected chi connectivity index (χ4v) is 2.19. The molecule has 1 amide bonds. The van der Waals surface area contributed by atoms with Crippen LogP contribution in [0.4, 0.5) is 0 Å². The molecule has 0 spiro atoms. The summed E-state index contributed by atoms with van der Waals surface area (Å²) < 4.78 is 10.5. The minimum atomic E-state index is -0.130. The lowest BCUT2D eigenvalue weighted by molar-refractivity contribution is -0.121. The highest BCUT2D eigenvalue weighted by Gasteiger charge is 2.23. The molecule has 1 aromatic heterocycles. The number of piperazine rings is 1. The summed E-state index contributed by atoms with van der Waals surface area (Å²) in [5, 5.41) is 9.79. The SMILES string of the molecule is COc1cccc(Cc2noc(C3CNC(=O)CN3)n2)c1. The van der Waals surface area contributed by atoms with Gasteiger partial charge in [0.15, 0.2) is 5.82 Å². The zero-order valence-corrected chi connectivity index (χ0v) is 11.6. The van der Waals surface area contributed by atoms with Gasteiger partial charge in [-0.1, -0.05) is 17.3 Å². The number of methoxy groups -OCH3 is 1. The molecule has 1 fully saturated rings. The second-order valence-corrected chi connectivity index (χ2v) is 4.81. The molecule has 1 aliphatic heterocycles. The molecule has 7 heteroatoms.